The molecule has 110 valence electrons. The van der Waals surface area contributed by atoms with Crippen molar-refractivity contribution in [2.75, 3.05) is 0 Å². The molecule has 2 aromatic rings. The van der Waals surface area contributed by atoms with Crippen LogP contribution < -0.4 is 5.32 Å². The Morgan fingerprint density at radius 3 is 2.57 bits per heavy atom. The van der Waals surface area contributed by atoms with Crippen LogP contribution in [-0.4, -0.2) is 11.9 Å². The Kier molecular flexibility index (Phi) is 5.09. The number of carbonyl (C=O) groups excluding carboxylic acids is 1. The zero-order valence-electron chi connectivity index (χ0n) is 12.4. The van der Waals surface area contributed by atoms with Gasteiger partial charge in [-0.2, -0.15) is 0 Å². The molecule has 0 heterocycles. The van der Waals surface area contributed by atoms with Gasteiger partial charge in [-0.05, 0) is 56.0 Å². The molecule has 0 saturated carbocycles. The van der Waals surface area contributed by atoms with E-state index in [1.54, 1.807) is 13.0 Å². The van der Waals surface area contributed by atoms with Crippen molar-refractivity contribution in [2.45, 2.75) is 32.7 Å². The monoisotopic (exact) mass is 285 g/mol. The molecule has 1 atom stereocenters. The van der Waals surface area contributed by atoms with E-state index in [4.69, 9.17) is 0 Å². The molecule has 2 aromatic carbocycles. The van der Waals surface area contributed by atoms with Gasteiger partial charge in [-0.25, -0.2) is 4.39 Å². The number of benzene rings is 2. The molecular formula is C18H20FNO. The minimum absolute atomic E-state index is 0.0723. The van der Waals surface area contributed by atoms with Crippen molar-refractivity contribution in [1.29, 1.82) is 0 Å². The molecule has 2 nitrogen and oxygen atoms in total. The van der Waals surface area contributed by atoms with Crippen molar-refractivity contribution in [3.63, 3.8) is 0 Å². The SMILES string of the molecule is Cc1cc(C(=O)NC(C)CCc2ccccc2)ccc1F. The lowest BCUT2D eigenvalue weighted by molar-refractivity contribution is 0.0938. The maximum Gasteiger partial charge on any atom is 0.251 e. The normalized spacial score (nSPS) is 12.0. The van der Waals surface area contributed by atoms with Gasteiger partial charge in [-0.3, -0.25) is 4.79 Å². The lowest BCUT2D eigenvalue weighted by Crippen LogP contribution is -2.32. The summed E-state index contributed by atoms with van der Waals surface area (Å²) in [6, 6.07) is 14.7. The second kappa shape index (κ2) is 7.02. The van der Waals surface area contributed by atoms with Gasteiger partial charge < -0.3 is 5.32 Å². The summed E-state index contributed by atoms with van der Waals surface area (Å²) < 4.78 is 13.2. The largest absolute Gasteiger partial charge is 0.350 e. The molecule has 1 N–H and O–H groups in total. The minimum Gasteiger partial charge on any atom is -0.350 e. The van der Waals surface area contributed by atoms with E-state index in [-0.39, 0.29) is 17.8 Å². The number of aryl methyl sites for hydroxylation is 2. The van der Waals surface area contributed by atoms with Crippen LogP contribution in [0.1, 0.15) is 34.8 Å². The van der Waals surface area contributed by atoms with Crippen molar-refractivity contribution >= 4 is 5.91 Å². The van der Waals surface area contributed by atoms with Crippen molar-refractivity contribution in [1.82, 2.24) is 5.32 Å². The first-order chi connectivity index (χ1) is 10.1. The Morgan fingerprint density at radius 1 is 1.19 bits per heavy atom. The van der Waals surface area contributed by atoms with E-state index in [0.717, 1.165) is 12.8 Å². The van der Waals surface area contributed by atoms with E-state index in [0.29, 0.717) is 11.1 Å². The molecule has 0 radical (unpaired) electrons. The zero-order valence-corrected chi connectivity index (χ0v) is 12.4. The van der Waals surface area contributed by atoms with E-state index in [1.807, 2.05) is 25.1 Å². The van der Waals surface area contributed by atoms with Gasteiger partial charge >= 0.3 is 0 Å². The molecule has 3 heteroatoms. The number of hydrogen-bond donors (Lipinski definition) is 1. The third-order valence-corrected chi connectivity index (χ3v) is 3.51. The van der Waals surface area contributed by atoms with Crippen LogP contribution >= 0.6 is 0 Å². The molecule has 21 heavy (non-hydrogen) atoms. The number of rotatable bonds is 5. The fraction of sp³-hybridized carbons (Fsp3) is 0.278. The first-order valence-electron chi connectivity index (χ1n) is 7.17. The van der Waals surface area contributed by atoms with Crippen molar-refractivity contribution < 1.29 is 9.18 Å². The van der Waals surface area contributed by atoms with Crippen LogP contribution in [0.15, 0.2) is 48.5 Å². The van der Waals surface area contributed by atoms with Crippen molar-refractivity contribution in [3.05, 3.63) is 71.0 Å². The molecule has 1 unspecified atom stereocenters. The minimum atomic E-state index is -0.288. The van der Waals surface area contributed by atoms with E-state index in [1.165, 1.54) is 17.7 Å². The number of nitrogens with one attached hydrogen (secondary N) is 1. The van der Waals surface area contributed by atoms with Gasteiger partial charge in [-0.1, -0.05) is 30.3 Å². The second-order valence-corrected chi connectivity index (χ2v) is 5.36. The topological polar surface area (TPSA) is 29.1 Å². The summed E-state index contributed by atoms with van der Waals surface area (Å²) in [5.41, 5.74) is 2.25. The van der Waals surface area contributed by atoms with Gasteiger partial charge in [0, 0.05) is 11.6 Å². The number of amides is 1. The third kappa shape index (κ3) is 4.42. The molecule has 0 aliphatic carbocycles. The van der Waals surface area contributed by atoms with Gasteiger partial charge in [0.15, 0.2) is 0 Å². The maximum absolute atomic E-state index is 13.2. The van der Waals surface area contributed by atoms with Crippen LogP contribution in [0.3, 0.4) is 0 Å². The Hall–Kier alpha value is -2.16. The Morgan fingerprint density at radius 2 is 1.90 bits per heavy atom. The van der Waals surface area contributed by atoms with Crippen LogP contribution in [-0.2, 0) is 6.42 Å². The van der Waals surface area contributed by atoms with Crippen molar-refractivity contribution in [2.24, 2.45) is 0 Å². The highest BCUT2D eigenvalue weighted by atomic mass is 19.1. The van der Waals surface area contributed by atoms with Crippen LogP contribution in [0.2, 0.25) is 0 Å². The summed E-state index contributed by atoms with van der Waals surface area (Å²) in [5.74, 6) is -0.442. The van der Waals surface area contributed by atoms with Gasteiger partial charge in [-0.15, -0.1) is 0 Å². The summed E-state index contributed by atoms with van der Waals surface area (Å²) in [7, 11) is 0. The van der Waals surface area contributed by atoms with E-state index in [9.17, 15) is 9.18 Å². The first-order valence-corrected chi connectivity index (χ1v) is 7.17. The molecule has 0 saturated heterocycles. The van der Waals surface area contributed by atoms with Gasteiger partial charge in [0.25, 0.3) is 5.91 Å². The van der Waals surface area contributed by atoms with Crippen LogP contribution in [0, 0.1) is 12.7 Å². The number of hydrogen-bond acceptors (Lipinski definition) is 1. The zero-order chi connectivity index (χ0) is 15.2. The Labute approximate surface area is 125 Å². The molecular weight excluding hydrogens is 265 g/mol. The Balaban J connectivity index is 1.88. The van der Waals surface area contributed by atoms with Crippen LogP contribution in [0.4, 0.5) is 4.39 Å². The molecule has 2 rings (SSSR count). The summed E-state index contributed by atoms with van der Waals surface area (Å²) in [5, 5.41) is 2.95. The summed E-state index contributed by atoms with van der Waals surface area (Å²) in [4.78, 5) is 12.1. The standard InChI is InChI=1S/C18H20FNO/c1-13-12-16(10-11-17(13)19)18(21)20-14(2)8-9-15-6-4-3-5-7-15/h3-7,10-12,14H,8-9H2,1-2H3,(H,20,21). The van der Waals surface area contributed by atoms with Crippen LogP contribution in [0.25, 0.3) is 0 Å². The van der Waals surface area contributed by atoms with E-state index in [2.05, 4.69) is 17.4 Å². The quantitative estimate of drug-likeness (QED) is 0.887. The highest BCUT2D eigenvalue weighted by Crippen LogP contribution is 2.10. The van der Waals surface area contributed by atoms with Gasteiger partial charge in [0.2, 0.25) is 0 Å². The fourth-order valence-electron chi connectivity index (χ4n) is 2.19. The Bertz CT molecular complexity index is 610. The first kappa shape index (κ1) is 15.2. The molecule has 0 fully saturated rings. The fourth-order valence-corrected chi connectivity index (χ4v) is 2.19. The molecule has 0 aliphatic heterocycles. The van der Waals surface area contributed by atoms with E-state index >= 15 is 0 Å². The average molecular weight is 285 g/mol. The summed E-state index contributed by atoms with van der Waals surface area (Å²) in [6.07, 6.45) is 1.79. The molecule has 0 aliphatic rings. The van der Waals surface area contributed by atoms with E-state index < -0.39 is 0 Å². The van der Waals surface area contributed by atoms with Crippen molar-refractivity contribution in [3.8, 4) is 0 Å². The lowest BCUT2D eigenvalue weighted by atomic mass is 10.1. The lowest BCUT2D eigenvalue weighted by Gasteiger charge is -2.14. The predicted molar refractivity (Wildman–Crippen MR) is 82.8 cm³/mol. The highest BCUT2D eigenvalue weighted by Gasteiger charge is 2.11. The molecule has 1 amide bonds. The smallest absolute Gasteiger partial charge is 0.251 e. The highest BCUT2D eigenvalue weighted by molar-refractivity contribution is 5.94. The maximum atomic E-state index is 13.2. The average Bonchev–Trinajstić information content (AvgIpc) is 2.49. The second-order valence-electron chi connectivity index (χ2n) is 5.36. The summed E-state index contributed by atoms with van der Waals surface area (Å²) in [6.45, 7) is 3.64. The number of carbonyl (C=O) groups is 1. The van der Waals surface area contributed by atoms with Gasteiger partial charge in [0.1, 0.15) is 5.82 Å². The van der Waals surface area contributed by atoms with Crippen LogP contribution in [0.5, 0.6) is 0 Å². The third-order valence-electron chi connectivity index (χ3n) is 3.51. The molecule has 0 aromatic heterocycles. The summed E-state index contributed by atoms with van der Waals surface area (Å²) >= 11 is 0. The molecule has 0 bridgehead atoms. The number of halogens is 1. The molecule has 0 spiro atoms. The predicted octanol–water partition coefficient (Wildman–Crippen LogP) is 3.89. The van der Waals surface area contributed by atoms with Gasteiger partial charge in [0.05, 0.1) is 0 Å².